The molecular weight excluding hydrogens is 475 g/mol. The Morgan fingerprint density at radius 1 is 0.750 bits per heavy atom. The van der Waals surface area contributed by atoms with Crippen LogP contribution in [0.3, 0.4) is 0 Å². The Morgan fingerprint density at radius 3 is 2.14 bits per heavy atom. The Bertz CT molecular complexity index is 1760. The zero-order chi connectivity index (χ0) is 24.6. The summed E-state index contributed by atoms with van der Waals surface area (Å²) in [7, 11) is 0. The minimum Gasteiger partial charge on any atom is -0.283 e. The van der Waals surface area contributed by atoms with Gasteiger partial charge in [0.2, 0.25) is 0 Å². The Balaban J connectivity index is 1.63. The van der Waals surface area contributed by atoms with E-state index in [1.165, 1.54) is 10.6 Å². The van der Waals surface area contributed by atoms with Crippen molar-refractivity contribution in [3.8, 4) is 33.9 Å². The molecule has 0 aliphatic rings. The summed E-state index contributed by atoms with van der Waals surface area (Å²) >= 11 is 6.08. The van der Waals surface area contributed by atoms with Crippen molar-refractivity contribution in [2.24, 2.45) is 0 Å². The van der Waals surface area contributed by atoms with Gasteiger partial charge >= 0.3 is 0 Å². The standard InChI is InChI=1S/C29H18ClFN4O/c30-21-12-14-23(15-13-21)35-27(24-16-11-20(17-25(24)31)19-7-3-1-4-8-19)33-28-26(29(35)36)32-18-34(28)22-9-5-2-6-10-22/h1-18H. The molecule has 4 aromatic carbocycles. The lowest BCUT2D eigenvalue weighted by molar-refractivity contribution is 0.629. The van der Waals surface area contributed by atoms with Crippen molar-refractivity contribution in [3.05, 3.63) is 131 Å². The number of fused-ring (bicyclic) bond motifs is 1. The summed E-state index contributed by atoms with van der Waals surface area (Å²) in [5.41, 5.74) is 3.24. The molecule has 36 heavy (non-hydrogen) atoms. The Morgan fingerprint density at radius 2 is 1.44 bits per heavy atom. The van der Waals surface area contributed by atoms with Gasteiger partial charge in [-0.15, -0.1) is 0 Å². The second-order valence-corrected chi connectivity index (χ2v) is 8.67. The molecule has 0 aliphatic heterocycles. The number of para-hydroxylation sites is 1. The van der Waals surface area contributed by atoms with Crippen LogP contribution in [0.5, 0.6) is 0 Å². The molecule has 0 fully saturated rings. The first-order valence-corrected chi connectivity index (χ1v) is 11.6. The number of imidazole rings is 1. The molecule has 7 heteroatoms. The summed E-state index contributed by atoms with van der Waals surface area (Å²) < 4.78 is 18.8. The molecule has 0 unspecified atom stereocenters. The first kappa shape index (κ1) is 21.9. The monoisotopic (exact) mass is 492 g/mol. The van der Waals surface area contributed by atoms with E-state index in [0.717, 1.165) is 16.8 Å². The molecule has 0 saturated carbocycles. The van der Waals surface area contributed by atoms with E-state index in [0.29, 0.717) is 16.4 Å². The normalized spacial score (nSPS) is 11.2. The molecule has 0 bridgehead atoms. The van der Waals surface area contributed by atoms with Crippen molar-refractivity contribution in [2.75, 3.05) is 0 Å². The van der Waals surface area contributed by atoms with E-state index < -0.39 is 11.4 Å². The van der Waals surface area contributed by atoms with Gasteiger partial charge in [-0.25, -0.2) is 14.4 Å². The first-order valence-electron chi connectivity index (χ1n) is 11.3. The number of rotatable bonds is 4. The molecule has 6 aromatic rings. The third kappa shape index (κ3) is 3.78. The maximum atomic E-state index is 15.7. The molecule has 0 aliphatic carbocycles. The van der Waals surface area contributed by atoms with Crippen molar-refractivity contribution in [2.45, 2.75) is 0 Å². The number of nitrogens with zero attached hydrogens (tertiary/aromatic N) is 4. The lowest BCUT2D eigenvalue weighted by Gasteiger charge is -2.15. The van der Waals surface area contributed by atoms with Gasteiger partial charge in [0.1, 0.15) is 12.1 Å². The van der Waals surface area contributed by atoms with E-state index in [2.05, 4.69) is 4.98 Å². The van der Waals surface area contributed by atoms with Crippen molar-refractivity contribution in [1.82, 2.24) is 19.1 Å². The topological polar surface area (TPSA) is 52.7 Å². The molecule has 0 radical (unpaired) electrons. The van der Waals surface area contributed by atoms with Crippen LogP contribution in [0.4, 0.5) is 4.39 Å². The second-order valence-electron chi connectivity index (χ2n) is 8.24. The molecule has 6 rings (SSSR count). The predicted octanol–water partition coefficient (Wildman–Crippen LogP) is 6.70. The highest BCUT2D eigenvalue weighted by Gasteiger charge is 2.21. The summed E-state index contributed by atoms with van der Waals surface area (Å²) in [4.78, 5) is 22.9. The number of benzene rings is 4. The first-order chi connectivity index (χ1) is 17.6. The third-order valence-corrected chi connectivity index (χ3v) is 6.26. The van der Waals surface area contributed by atoms with Crippen molar-refractivity contribution in [3.63, 3.8) is 0 Å². The van der Waals surface area contributed by atoms with E-state index in [4.69, 9.17) is 16.6 Å². The third-order valence-electron chi connectivity index (χ3n) is 6.01. The molecule has 0 atom stereocenters. The largest absolute Gasteiger partial charge is 0.286 e. The summed E-state index contributed by atoms with van der Waals surface area (Å²) in [6.45, 7) is 0. The fourth-order valence-corrected chi connectivity index (χ4v) is 4.37. The molecule has 0 saturated heterocycles. The van der Waals surface area contributed by atoms with Gasteiger partial charge in [-0.2, -0.15) is 0 Å². The van der Waals surface area contributed by atoms with Crippen LogP contribution in [0.2, 0.25) is 5.02 Å². The summed E-state index contributed by atoms with van der Waals surface area (Å²) in [6, 6.07) is 30.7. The summed E-state index contributed by atoms with van der Waals surface area (Å²) in [6.07, 6.45) is 1.55. The van der Waals surface area contributed by atoms with Crippen molar-refractivity contribution < 1.29 is 4.39 Å². The lowest BCUT2D eigenvalue weighted by atomic mass is 10.0. The predicted molar refractivity (Wildman–Crippen MR) is 140 cm³/mol. The highest BCUT2D eigenvalue weighted by molar-refractivity contribution is 6.30. The lowest BCUT2D eigenvalue weighted by Crippen LogP contribution is -2.22. The molecule has 0 N–H and O–H groups in total. The van der Waals surface area contributed by atoms with Gasteiger partial charge in [-0.3, -0.25) is 13.9 Å². The van der Waals surface area contributed by atoms with Crippen LogP contribution in [0.15, 0.2) is 114 Å². The van der Waals surface area contributed by atoms with E-state index in [1.807, 2.05) is 66.7 Å². The minimum atomic E-state index is -0.490. The molecule has 0 spiro atoms. The van der Waals surface area contributed by atoms with E-state index in [9.17, 15) is 4.79 Å². The molecule has 5 nitrogen and oxygen atoms in total. The van der Waals surface area contributed by atoms with Gasteiger partial charge in [0, 0.05) is 10.7 Å². The summed E-state index contributed by atoms with van der Waals surface area (Å²) in [5.74, 6) is -0.319. The number of halogens is 2. The highest BCUT2D eigenvalue weighted by Crippen LogP contribution is 2.29. The van der Waals surface area contributed by atoms with Crippen molar-refractivity contribution >= 4 is 22.8 Å². The maximum Gasteiger partial charge on any atom is 0.286 e. The maximum absolute atomic E-state index is 15.7. The second kappa shape index (κ2) is 8.91. The Hall–Kier alpha value is -4.55. The van der Waals surface area contributed by atoms with Gasteiger partial charge < -0.3 is 0 Å². The zero-order valence-corrected chi connectivity index (χ0v) is 19.6. The van der Waals surface area contributed by atoms with Crippen LogP contribution < -0.4 is 5.56 Å². The quantitative estimate of drug-likeness (QED) is 0.275. The number of hydrogen-bond acceptors (Lipinski definition) is 3. The van der Waals surface area contributed by atoms with Crippen LogP contribution in [0, 0.1) is 5.82 Å². The van der Waals surface area contributed by atoms with Crippen LogP contribution in [0.1, 0.15) is 0 Å². The molecule has 0 amide bonds. The van der Waals surface area contributed by atoms with Gasteiger partial charge in [0.25, 0.3) is 5.56 Å². The molecule has 2 heterocycles. The highest BCUT2D eigenvalue weighted by atomic mass is 35.5. The number of hydrogen-bond donors (Lipinski definition) is 0. The molecular formula is C29H18ClFN4O. The summed E-state index contributed by atoms with van der Waals surface area (Å²) in [5, 5.41) is 0.522. The van der Waals surface area contributed by atoms with Gasteiger partial charge in [0.05, 0.1) is 11.3 Å². The average molecular weight is 493 g/mol. The van der Waals surface area contributed by atoms with Crippen LogP contribution in [-0.2, 0) is 0 Å². The van der Waals surface area contributed by atoms with E-state index in [1.54, 1.807) is 41.2 Å². The SMILES string of the molecule is O=c1c2ncn(-c3ccccc3)c2nc(-c2ccc(-c3ccccc3)cc2F)n1-c1ccc(Cl)cc1. The Labute approximate surface area is 210 Å². The van der Waals surface area contributed by atoms with Gasteiger partial charge in [-0.05, 0) is 59.7 Å². The van der Waals surface area contributed by atoms with Crippen LogP contribution in [-0.4, -0.2) is 19.1 Å². The fraction of sp³-hybridized carbons (Fsp3) is 0. The van der Waals surface area contributed by atoms with Crippen molar-refractivity contribution in [1.29, 1.82) is 0 Å². The average Bonchev–Trinajstić information content (AvgIpc) is 3.35. The van der Waals surface area contributed by atoms with E-state index in [-0.39, 0.29) is 16.9 Å². The Kier molecular flexibility index (Phi) is 5.43. The molecule has 174 valence electrons. The number of aromatic nitrogens is 4. The molecule has 2 aromatic heterocycles. The van der Waals surface area contributed by atoms with Gasteiger partial charge in [0.15, 0.2) is 17.0 Å². The van der Waals surface area contributed by atoms with Gasteiger partial charge in [-0.1, -0.05) is 66.2 Å². The van der Waals surface area contributed by atoms with E-state index >= 15 is 4.39 Å². The van der Waals surface area contributed by atoms with Crippen LogP contribution in [0.25, 0.3) is 45.1 Å². The zero-order valence-electron chi connectivity index (χ0n) is 18.8. The van der Waals surface area contributed by atoms with Crippen LogP contribution >= 0.6 is 11.6 Å². The minimum absolute atomic E-state index is 0.171. The smallest absolute Gasteiger partial charge is 0.283 e. The fourth-order valence-electron chi connectivity index (χ4n) is 4.25.